The van der Waals surface area contributed by atoms with Crippen molar-refractivity contribution in [3.8, 4) is 16.9 Å². The zero-order valence-electron chi connectivity index (χ0n) is 19.3. The molecule has 0 atom stereocenters. The molecular weight excluding hydrogens is 627 g/mol. The molecule has 3 aromatic carbocycles. The Labute approximate surface area is 224 Å². The van der Waals surface area contributed by atoms with Crippen LogP contribution in [0.5, 0.6) is 0 Å². The largest absolute Gasteiger partial charge is 3.00 e. The molecule has 3 heterocycles. The summed E-state index contributed by atoms with van der Waals surface area (Å²) >= 11 is 1.85. The van der Waals surface area contributed by atoms with Crippen molar-refractivity contribution in [1.29, 1.82) is 0 Å². The molecule has 1 aliphatic heterocycles. The molecule has 3 nitrogen and oxygen atoms in total. The van der Waals surface area contributed by atoms with Crippen LogP contribution in [0.3, 0.4) is 0 Å². The van der Waals surface area contributed by atoms with Crippen LogP contribution >= 0.6 is 11.8 Å². The first-order valence-corrected chi connectivity index (χ1v) is 12.8. The van der Waals surface area contributed by atoms with Gasteiger partial charge in [-0.15, -0.1) is 35.9 Å². The molecule has 7 rings (SSSR count). The normalized spacial score (nSPS) is 14.4. The standard InChI is InChI=1S/C19H17N2S.C11H8N.Ir/c1-2-7-14(8-3-1)20-13-21-15-9-4-5-11-17(15)22-18-12-6-10-16(20)19(18)21;1-2-6-10(7-3-1)11-8-4-5-9-12-11;/h4-6,10-12,14H,1-3,7-8H2;1-6,8-9H;/q2*-1;+3. The van der Waals surface area contributed by atoms with Gasteiger partial charge in [0.1, 0.15) is 0 Å². The van der Waals surface area contributed by atoms with Crippen LogP contribution in [0.25, 0.3) is 28.0 Å². The van der Waals surface area contributed by atoms with E-state index in [1.807, 2.05) is 60.3 Å². The van der Waals surface area contributed by atoms with Gasteiger partial charge in [-0.3, -0.25) is 0 Å². The van der Waals surface area contributed by atoms with E-state index in [-0.39, 0.29) is 20.1 Å². The summed E-state index contributed by atoms with van der Waals surface area (Å²) in [4.78, 5) is 6.82. The molecule has 0 bridgehead atoms. The van der Waals surface area contributed by atoms with Gasteiger partial charge >= 0.3 is 20.1 Å². The molecule has 5 heteroatoms. The van der Waals surface area contributed by atoms with Crippen molar-refractivity contribution in [3.05, 3.63) is 104 Å². The second-order valence-corrected chi connectivity index (χ2v) is 9.78. The molecule has 2 aromatic heterocycles. The van der Waals surface area contributed by atoms with E-state index in [0.29, 0.717) is 6.04 Å². The number of rotatable bonds is 2. The number of imidazole rings is 1. The molecule has 174 valence electrons. The third-order valence-corrected chi connectivity index (χ3v) is 7.60. The van der Waals surface area contributed by atoms with Crippen LogP contribution in [0.4, 0.5) is 0 Å². The number of fused-ring (bicyclic) bond motifs is 2. The zero-order chi connectivity index (χ0) is 22.7. The average molecular weight is 652 g/mol. The molecule has 1 aliphatic carbocycles. The summed E-state index contributed by atoms with van der Waals surface area (Å²) in [6.07, 6.45) is 12.1. The van der Waals surface area contributed by atoms with Gasteiger partial charge in [-0.25, -0.2) is 0 Å². The SMILES string of the molecule is [Ir+3].[c-]1cccc2c1-[n+]1[c-]n(C3CCCCC3)c3cccc(c31)S2.[c-]1ccccc1-c1ccccn1. The Morgan fingerprint density at radius 3 is 2.46 bits per heavy atom. The third-order valence-electron chi connectivity index (χ3n) is 6.50. The van der Waals surface area contributed by atoms with Crippen molar-refractivity contribution in [1.82, 2.24) is 9.55 Å². The van der Waals surface area contributed by atoms with Gasteiger partial charge in [-0.1, -0.05) is 47.3 Å². The Bertz CT molecular complexity index is 1370. The third kappa shape index (κ3) is 4.86. The van der Waals surface area contributed by atoms with Gasteiger partial charge in [0.15, 0.2) is 0 Å². The van der Waals surface area contributed by atoms with Gasteiger partial charge < -0.3 is 14.1 Å². The van der Waals surface area contributed by atoms with Gasteiger partial charge in [0.25, 0.3) is 0 Å². The first-order valence-electron chi connectivity index (χ1n) is 11.9. The fourth-order valence-electron chi connectivity index (χ4n) is 4.87. The Morgan fingerprint density at radius 2 is 1.66 bits per heavy atom. The number of para-hydroxylation sites is 2. The summed E-state index contributed by atoms with van der Waals surface area (Å²) in [7, 11) is 0. The van der Waals surface area contributed by atoms with E-state index in [1.54, 1.807) is 6.20 Å². The van der Waals surface area contributed by atoms with E-state index in [1.165, 1.54) is 52.9 Å². The quantitative estimate of drug-likeness (QED) is 0.148. The van der Waals surface area contributed by atoms with Gasteiger partial charge in [0.2, 0.25) is 6.33 Å². The molecular formula is C30H25IrN3S+. The summed E-state index contributed by atoms with van der Waals surface area (Å²) < 4.78 is 4.62. The van der Waals surface area contributed by atoms with E-state index >= 15 is 0 Å². The minimum atomic E-state index is 0. The number of benzene rings is 3. The van der Waals surface area contributed by atoms with Gasteiger partial charge in [-0.2, -0.15) is 36.0 Å². The minimum absolute atomic E-state index is 0. The predicted molar refractivity (Wildman–Crippen MR) is 136 cm³/mol. The second kappa shape index (κ2) is 10.9. The number of nitrogens with zero attached hydrogens (tertiary/aromatic N) is 3. The molecule has 35 heavy (non-hydrogen) atoms. The van der Waals surface area contributed by atoms with Crippen LogP contribution in [0.2, 0.25) is 0 Å². The molecule has 0 radical (unpaired) electrons. The molecule has 0 spiro atoms. The van der Waals surface area contributed by atoms with Gasteiger partial charge in [-0.05, 0) is 42.3 Å². The van der Waals surface area contributed by atoms with E-state index in [2.05, 4.69) is 62.9 Å². The van der Waals surface area contributed by atoms with Crippen LogP contribution in [-0.4, -0.2) is 9.55 Å². The molecule has 1 saturated carbocycles. The molecule has 0 unspecified atom stereocenters. The van der Waals surface area contributed by atoms with Crippen LogP contribution in [0, 0.1) is 18.5 Å². The molecule has 1 fully saturated rings. The molecule has 0 saturated heterocycles. The molecule has 2 aliphatic rings. The van der Waals surface area contributed by atoms with Crippen molar-refractivity contribution in [3.63, 3.8) is 0 Å². The molecule has 0 amide bonds. The van der Waals surface area contributed by atoms with Crippen molar-refractivity contribution in [2.45, 2.75) is 47.9 Å². The number of aromatic nitrogens is 3. The Kier molecular flexibility index (Phi) is 7.48. The Hall–Kier alpha value is -2.72. The summed E-state index contributed by atoms with van der Waals surface area (Å²) in [5, 5.41) is 0. The zero-order valence-corrected chi connectivity index (χ0v) is 22.5. The first kappa shape index (κ1) is 24.0. The average Bonchev–Trinajstić information content (AvgIpc) is 3.32. The van der Waals surface area contributed by atoms with Crippen molar-refractivity contribution >= 4 is 22.8 Å². The Balaban J connectivity index is 0.000000167. The summed E-state index contributed by atoms with van der Waals surface area (Å²) in [6.45, 7) is 0. The Morgan fingerprint density at radius 1 is 0.829 bits per heavy atom. The minimum Gasteiger partial charge on any atom is -0.340 e. The number of hydrogen-bond donors (Lipinski definition) is 0. The molecule has 5 aromatic rings. The van der Waals surface area contributed by atoms with E-state index in [4.69, 9.17) is 0 Å². The first-order chi connectivity index (χ1) is 16.9. The van der Waals surface area contributed by atoms with E-state index < -0.39 is 0 Å². The summed E-state index contributed by atoms with van der Waals surface area (Å²) in [6, 6.07) is 33.7. The monoisotopic (exact) mass is 652 g/mol. The van der Waals surface area contributed by atoms with Crippen LogP contribution in [-0.2, 0) is 20.1 Å². The van der Waals surface area contributed by atoms with Crippen LogP contribution < -0.4 is 4.57 Å². The maximum atomic E-state index is 4.22. The van der Waals surface area contributed by atoms with Crippen molar-refractivity contribution in [2.24, 2.45) is 0 Å². The molecule has 0 N–H and O–H groups in total. The van der Waals surface area contributed by atoms with E-state index in [9.17, 15) is 0 Å². The maximum absolute atomic E-state index is 4.22. The smallest absolute Gasteiger partial charge is 0.340 e. The van der Waals surface area contributed by atoms with E-state index in [0.717, 1.165) is 16.9 Å². The predicted octanol–water partition coefficient (Wildman–Crippen LogP) is 7.03. The fourth-order valence-corrected chi connectivity index (χ4v) is 5.94. The summed E-state index contributed by atoms with van der Waals surface area (Å²) in [5.74, 6) is 0. The topological polar surface area (TPSA) is 21.7 Å². The van der Waals surface area contributed by atoms with Gasteiger partial charge in [0, 0.05) is 6.20 Å². The van der Waals surface area contributed by atoms with Crippen LogP contribution in [0.1, 0.15) is 38.1 Å². The number of pyridine rings is 1. The van der Waals surface area contributed by atoms with Crippen molar-refractivity contribution < 1.29 is 24.7 Å². The van der Waals surface area contributed by atoms with Crippen LogP contribution in [0.15, 0.2) is 94.9 Å². The second-order valence-electron chi connectivity index (χ2n) is 8.70. The van der Waals surface area contributed by atoms with Crippen molar-refractivity contribution in [2.75, 3.05) is 0 Å². The number of hydrogen-bond acceptors (Lipinski definition) is 2. The fraction of sp³-hybridized carbons (Fsp3) is 0.200. The maximum Gasteiger partial charge on any atom is 3.00 e. The van der Waals surface area contributed by atoms with Gasteiger partial charge in [0.05, 0.1) is 17.1 Å². The summed E-state index contributed by atoms with van der Waals surface area (Å²) in [5.41, 5.74) is 5.77.